The third-order valence-corrected chi connectivity index (χ3v) is 6.78. The molecule has 1 aromatic heterocycles. The number of hydrogen-bond acceptors (Lipinski definition) is 4. The first-order valence-electron chi connectivity index (χ1n) is 10.5. The largest absolute Gasteiger partial charge is 0.322 e. The Kier molecular flexibility index (Phi) is 6.20. The van der Waals surface area contributed by atoms with E-state index in [2.05, 4.69) is 35.8 Å². The Balaban J connectivity index is 1.51. The van der Waals surface area contributed by atoms with Crippen LogP contribution >= 0.6 is 11.3 Å². The highest BCUT2D eigenvalue weighted by atomic mass is 32.1. The van der Waals surface area contributed by atoms with Crippen LogP contribution in [-0.4, -0.2) is 37.4 Å². The summed E-state index contributed by atoms with van der Waals surface area (Å²) in [4.78, 5) is 31.2. The number of amides is 2. The number of rotatable bonds is 4. The first kappa shape index (κ1) is 21.3. The number of nitrogens with one attached hydrogen (secondary N) is 1. The van der Waals surface area contributed by atoms with Crippen LogP contribution in [0.4, 0.5) is 11.4 Å². The summed E-state index contributed by atoms with van der Waals surface area (Å²) >= 11 is 1.72. The van der Waals surface area contributed by atoms with Gasteiger partial charge in [-0.3, -0.25) is 9.59 Å². The van der Waals surface area contributed by atoms with E-state index < -0.39 is 0 Å². The zero-order valence-electron chi connectivity index (χ0n) is 18.1. The van der Waals surface area contributed by atoms with Gasteiger partial charge in [0.25, 0.3) is 11.8 Å². The third kappa shape index (κ3) is 4.40. The minimum absolute atomic E-state index is 0.00386. The first-order chi connectivity index (χ1) is 15.0. The molecular weight excluding hydrogens is 406 g/mol. The van der Waals surface area contributed by atoms with Gasteiger partial charge in [-0.2, -0.15) is 0 Å². The van der Waals surface area contributed by atoms with Gasteiger partial charge < -0.3 is 15.1 Å². The molecule has 0 radical (unpaired) electrons. The molecular formula is C25H27N3O2S. The number of hydrogen-bond donors (Lipinski definition) is 1. The van der Waals surface area contributed by atoms with Gasteiger partial charge >= 0.3 is 0 Å². The summed E-state index contributed by atoms with van der Waals surface area (Å²) in [6.45, 7) is 2.62. The molecule has 3 aromatic rings. The Morgan fingerprint density at radius 1 is 1.06 bits per heavy atom. The van der Waals surface area contributed by atoms with Gasteiger partial charge in [-0.05, 0) is 81.2 Å². The van der Waals surface area contributed by atoms with Crippen molar-refractivity contribution in [2.45, 2.75) is 25.8 Å². The van der Waals surface area contributed by atoms with Crippen molar-refractivity contribution in [2.24, 2.45) is 0 Å². The fourth-order valence-electron chi connectivity index (χ4n) is 4.06. The van der Waals surface area contributed by atoms with Gasteiger partial charge in [0.2, 0.25) is 0 Å². The highest BCUT2D eigenvalue weighted by Crippen LogP contribution is 2.40. The van der Waals surface area contributed by atoms with Crippen molar-refractivity contribution >= 4 is 34.5 Å². The van der Waals surface area contributed by atoms with Crippen LogP contribution < -0.4 is 10.2 Å². The minimum atomic E-state index is -0.151. The standard InChI is InChI=1S/C25H27N3O2S/c1-17-7-4-5-8-20(17)24(29)26-19-12-10-18(11-13-19)25(30)28-15-6-9-21(27(2)3)23-22(28)14-16-31-23/h4-5,7-8,10-14,16,21H,6,9,15H2,1-3H3,(H,26,29). The van der Waals surface area contributed by atoms with Crippen LogP contribution in [0.5, 0.6) is 0 Å². The quantitative estimate of drug-likeness (QED) is 0.603. The summed E-state index contributed by atoms with van der Waals surface area (Å²) in [5, 5.41) is 4.98. The molecule has 160 valence electrons. The van der Waals surface area contributed by atoms with Crippen molar-refractivity contribution in [3.8, 4) is 0 Å². The fourth-order valence-corrected chi connectivity index (χ4v) is 5.19. The molecule has 0 spiro atoms. The number of aryl methyl sites for hydroxylation is 1. The molecule has 1 aliphatic heterocycles. The first-order valence-corrected chi connectivity index (χ1v) is 11.4. The lowest BCUT2D eigenvalue weighted by molar-refractivity contribution is 0.0985. The molecule has 4 rings (SSSR count). The molecule has 0 saturated heterocycles. The number of carbonyl (C=O) groups is 2. The predicted octanol–water partition coefficient (Wildman–Crippen LogP) is 5.35. The average Bonchev–Trinajstić information content (AvgIpc) is 3.15. The molecule has 6 heteroatoms. The smallest absolute Gasteiger partial charge is 0.258 e. The van der Waals surface area contributed by atoms with Gasteiger partial charge in [-0.25, -0.2) is 0 Å². The Hall–Kier alpha value is -2.96. The number of fused-ring (bicyclic) bond motifs is 1. The zero-order chi connectivity index (χ0) is 22.0. The van der Waals surface area contributed by atoms with Gasteiger partial charge in [-0.15, -0.1) is 11.3 Å². The van der Waals surface area contributed by atoms with E-state index in [1.165, 1.54) is 4.88 Å². The maximum absolute atomic E-state index is 13.3. The lowest BCUT2D eigenvalue weighted by Crippen LogP contribution is -2.31. The third-order valence-electron chi connectivity index (χ3n) is 5.77. The van der Waals surface area contributed by atoms with Crippen LogP contribution in [-0.2, 0) is 0 Å². The van der Waals surface area contributed by atoms with Crippen molar-refractivity contribution in [1.29, 1.82) is 0 Å². The minimum Gasteiger partial charge on any atom is -0.322 e. The Morgan fingerprint density at radius 2 is 1.81 bits per heavy atom. The molecule has 2 aromatic carbocycles. The van der Waals surface area contributed by atoms with Gasteiger partial charge in [0, 0.05) is 34.3 Å². The molecule has 5 nitrogen and oxygen atoms in total. The molecule has 31 heavy (non-hydrogen) atoms. The Bertz CT molecular complexity index is 1090. The van der Waals surface area contributed by atoms with E-state index in [-0.39, 0.29) is 11.8 Å². The normalized spacial score (nSPS) is 16.0. The van der Waals surface area contributed by atoms with Crippen molar-refractivity contribution in [2.75, 3.05) is 30.9 Å². The van der Waals surface area contributed by atoms with Gasteiger partial charge in [0.1, 0.15) is 0 Å². The zero-order valence-corrected chi connectivity index (χ0v) is 18.9. The maximum atomic E-state index is 13.3. The topological polar surface area (TPSA) is 52.7 Å². The van der Waals surface area contributed by atoms with Gasteiger partial charge in [0.05, 0.1) is 5.69 Å². The molecule has 1 N–H and O–H groups in total. The highest BCUT2D eigenvalue weighted by molar-refractivity contribution is 7.10. The second-order valence-electron chi connectivity index (χ2n) is 8.09. The fraction of sp³-hybridized carbons (Fsp3) is 0.280. The summed E-state index contributed by atoms with van der Waals surface area (Å²) in [7, 11) is 4.19. The highest BCUT2D eigenvalue weighted by Gasteiger charge is 2.29. The number of carbonyl (C=O) groups excluding carboxylic acids is 2. The summed E-state index contributed by atoms with van der Waals surface area (Å²) in [6, 6.07) is 17.0. The predicted molar refractivity (Wildman–Crippen MR) is 127 cm³/mol. The van der Waals surface area contributed by atoms with Gasteiger partial charge in [-0.1, -0.05) is 18.2 Å². The summed E-state index contributed by atoms with van der Waals surface area (Å²) in [6.07, 6.45) is 1.99. The molecule has 0 fully saturated rings. The van der Waals surface area contributed by atoms with E-state index in [1.54, 1.807) is 41.7 Å². The average molecular weight is 434 g/mol. The van der Waals surface area contributed by atoms with Crippen molar-refractivity contribution in [3.05, 3.63) is 81.5 Å². The maximum Gasteiger partial charge on any atom is 0.258 e. The molecule has 2 heterocycles. The van der Waals surface area contributed by atoms with Crippen molar-refractivity contribution in [1.82, 2.24) is 4.90 Å². The SMILES string of the molecule is Cc1ccccc1C(=O)Nc1ccc(C(=O)N2CCCC(N(C)C)c3sccc32)cc1. The molecule has 1 aliphatic rings. The Labute approximate surface area is 187 Å². The Morgan fingerprint density at radius 3 is 2.52 bits per heavy atom. The van der Waals surface area contributed by atoms with Crippen molar-refractivity contribution in [3.63, 3.8) is 0 Å². The summed E-state index contributed by atoms with van der Waals surface area (Å²) in [5.74, 6) is -0.154. The van der Waals surface area contributed by atoms with Crippen LogP contribution in [0.3, 0.4) is 0 Å². The second kappa shape index (κ2) is 9.04. The summed E-state index contributed by atoms with van der Waals surface area (Å²) < 4.78 is 0. The van der Waals surface area contributed by atoms with Gasteiger partial charge in [0.15, 0.2) is 0 Å². The van der Waals surface area contributed by atoms with E-state index in [0.29, 0.717) is 29.4 Å². The van der Waals surface area contributed by atoms with E-state index in [0.717, 1.165) is 24.1 Å². The summed E-state index contributed by atoms with van der Waals surface area (Å²) in [5.41, 5.74) is 3.88. The van der Waals surface area contributed by atoms with Crippen LogP contribution in [0, 0.1) is 6.92 Å². The van der Waals surface area contributed by atoms with Crippen LogP contribution in [0.1, 0.15) is 50.0 Å². The molecule has 1 unspecified atom stereocenters. The van der Waals surface area contributed by atoms with Crippen molar-refractivity contribution < 1.29 is 9.59 Å². The number of thiophene rings is 1. The lowest BCUT2D eigenvalue weighted by atomic mass is 10.1. The lowest BCUT2D eigenvalue weighted by Gasteiger charge is -2.24. The molecule has 2 amide bonds. The number of benzene rings is 2. The monoisotopic (exact) mass is 433 g/mol. The second-order valence-corrected chi connectivity index (χ2v) is 9.04. The van der Waals surface area contributed by atoms with E-state index >= 15 is 0 Å². The van der Waals surface area contributed by atoms with Crippen LogP contribution in [0.15, 0.2) is 60.0 Å². The van der Waals surface area contributed by atoms with Crippen LogP contribution in [0.25, 0.3) is 0 Å². The molecule has 0 aliphatic carbocycles. The van der Waals surface area contributed by atoms with E-state index in [4.69, 9.17) is 0 Å². The molecule has 1 atom stereocenters. The van der Waals surface area contributed by atoms with E-state index in [1.807, 2.05) is 30.0 Å². The van der Waals surface area contributed by atoms with E-state index in [9.17, 15) is 9.59 Å². The number of nitrogens with zero attached hydrogens (tertiary/aromatic N) is 2. The molecule has 0 bridgehead atoms. The van der Waals surface area contributed by atoms with Crippen LogP contribution in [0.2, 0.25) is 0 Å². The number of anilines is 2. The molecule has 0 saturated carbocycles.